The van der Waals surface area contributed by atoms with Crippen LogP contribution >= 0.6 is 0 Å². The smallest absolute Gasteiger partial charge is 0.244 e. The SMILES string of the molecule is O=C(CNS(=O)(=O)c1ccc(F)c(F)c1F)NC1CCCCC1. The molecule has 1 aromatic carbocycles. The second kappa shape index (κ2) is 7.31. The maximum absolute atomic E-state index is 13.5. The van der Waals surface area contributed by atoms with E-state index in [1.165, 1.54) is 0 Å². The minimum Gasteiger partial charge on any atom is -0.352 e. The van der Waals surface area contributed by atoms with Crippen LogP contribution in [0.2, 0.25) is 0 Å². The second-order valence-electron chi connectivity index (χ2n) is 5.40. The van der Waals surface area contributed by atoms with Gasteiger partial charge >= 0.3 is 0 Å². The third-order valence-corrected chi connectivity index (χ3v) is 5.10. The number of hydrogen-bond donors (Lipinski definition) is 2. The van der Waals surface area contributed by atoms with Gasteiger partial charge in [0.1, 0.15) is 4.90 Å². The molecule has 0 spiro atoms. The van der Waals surface area contributed by atoms with Gasteiger partial charge in [-0.05, 0) is 25.0 Å². The maximum Gasteiger partial charge on any atom is 0.244 e. The van der Waals surface area contributed by atoms with E-state index in [0.717, 1.165) is 32.1 Å². The number of halogens is 3. The fourth-order valence-corrected chi connectivity index (χ4v) is 3.53. The molecule has 2 rings (SSSR count). The fraction of sp³-hybridized carbons (Fsp3) is 0.500. The van der Waals surface area contributed by atoms with E-state index in [4.69, 9.17) is 0 Å². The van der Waals surface area contributed by atoms with Crippen LogP contribution in [0.15, 0.2) is 17.0 Å². The quantitative estimate of drug-likeness (QED) is 0.796. The van der Waals surface area contributed by atoms with Crippen LogP contribution in [0.4, 0.5) is 13.2 Å². The van der Waals surface area contributed by atoms with Gasteiger partial charge in [-0.25, -0.2) is 26.3 Å². The molecule has 23 heavy (non-hydrogen) atoms. The molecule has 0 radical (unpaired) electrons. The third-order valence-electron chi connectivity index (χ3n) is 3.68. The first kappa shape index (κ1) is 17.7. The molecule has 0 saturated heterocycles. The van der Waals surface area contributed by atoms with Crippen molar-refractivity contribution in [3.8, 4) is 0 Å². The Balaban J connectivity index is 1.98. The van der Waals surface area contributed by atoms with E-state index in [-0.39, 0.29) is 6.04 Å². The summed E-state index contributed by atoms with van der Waals surface area (Å²) in [7, 11) is -4.46. The molecule has 1 amide bonds. The highest BCUT2D eigenvalue weighted by Crippen LogP contribution is 2.19. The van der Waals surface area contributed by atoms with Crippen molar-refractivity contribution in [3.05, 3.63) is 29.6 Å². The van der Waals surface area contributed by atoms with Crippen LogP contribution in [0.3, 0.4) is 0 Å². The highest BCUT2D eigenvalue weighted by atomic mass is 32.2. The Kier molecular flexibility index (Phi) is 5.64. The van der Waals surface area contributed by atoms with Crippen LogP contribution in [0, 0.1) is 17.5 Å². The number of rotatable bonds is 5. The zero-order valence-electron chi connectivity index (χ0n) is 12.2. The van der Waals surface area contributed by atoms with Crippen LogP contribution in [0.1, 0.15) is 32.1 Å². The first-order valence-electron chi connectivity index (χ1n) is 7.24. The molecule has 0 aromatic heterocycles. The Morgan fingerprint density at radius 2 is 1.74 bits per heavy atom. The van der Waals surface area contributed by atoms with Gasteiger partial charge in [0.2, 0.25) is 15.9 Å². The van der Waals surface area contributed by atoms with Gasteiger partial charge in [-0.1, -0.05) is 19.3 Å². The van der Waals surface area contributed by atoms with E-state index in [9.17, 15) is 26.4 Å². The number of amides is 1. The minimum atomic E-state index is -4.46. The van der Waals surface area contributed by atoms with Crippen molar-refractivity contribution in [3.63, 3.8) is 0 Å². The Morgan fingerprint density at radius 1 is 1.09 bits per heavy atom. The van der Waals surface area contributed by atoms with Crippen molar-refractivity contribution in [1.29, 1.82) is 0 Å². The molecule has 0 bridgehead atoms. The van der Waals surface area contributed by atoms with Crippen molar-refractivity contribution in [2.75, 3.05) is 6.54 Å². The van der Waals surface area contributed by atoms with Crippen LogP contribution in [-0.4, -0.2) is 26.9 Å². The normalized spacial score (nSPS) is 16.3. The molecular formula is C14H17F3N2O3S. The molecule has 1 aliphatic rings. The molecule has 0 aliphatic heterocycles. The average molecular weight is 350 g/mol. The summed E-state index contributed by atoms with van der Waals surface area (Å²) >= 11 is 0. The number of hydrogen-bond acceptors (Lipinski definition) is 3. The predicted molar refractivity (Wildman–Crippen MR) is 76.5 cm³/mol. The molecule has 9 heteroatoms. The average Bonchev–Trinajstić information content (AvgIpc) is 2.51. The van der Waals surface area contributed by atoms with Gasteiger partial charge in [0.15, 0.2) is 17.5 Å². The fourth-order valence-electron chi connectivity index (χ4n) is 2.48. The summed E-state index contributed by atoms with van der Waals surface area (Å²) in [5.41, 5.74) is 0. The molecule has 1 saturated carbocycles. The van der Waals surface area contributed by atoms with Gasteiger partial charge in [-0.15, -0.1) is 0 Å². The lowest BCUT2D eigenvalue weighted by atomic mass is 9.95. The molecule has 0 heterocycles. The van der Waals surface area contributed by atoms with Crippen LogP contribution in [-0.2, 0) is 14.8 Å². The third kappa shape index (κ3) is 4.44. The lowest BCUT2D eigenvalue weighted by Crippen LogP contribution is -2.42. The highest BCUT2D eigenvalue weighted by Gasteiger charge is 2.25. The molecule has 1 fully saturated rings. The van der Waals surface area contributed by atoms with E-state index in [1.54, 1.807) is 0 Å². The van der Waals surface area contributed by atoms with Crippen molar-refractivity contribution in [1.82, 2.24) is 10.0 Å². The molecule has 1 aromatic rings. The molecule has 5 nitrogen and oxygen atoms in total. The number of carbonyl (C=O) groups excluding carboxylic acids is 1. The molecular weight excluding hydrogens is 333 g/mol. The van der Waals surface area contributed by atoms with Gasteiger partial charge in [0, 0.05) is 6.04 Å². The minimum absolute atomic E-state index is 0.000700. The zero-order chi connectivity index (χ0) is 17.0. The van der Waals surface area contributed by atoms with Crippen molar-refractivity contribution in [2.45, 2.75) is 43.0 Å². The van der Waals surface area contributed by atoms with Gasteiger partial charge in [-0.2, -0.15) is 0 Å². The summed E-state index contributed by atoms with van der Waals surface area (Å²) in [4.78, 5) is 10.7. The van der Waals surface area contributed by atoms with Crippen LogP contribution in [0.5, 0.6) is 0 Å². The Bertz CT molecular complexity index is 689. The van der Waals surface area contributed by atoms with Crippen molar-refractivity contribution in [2.24, 2.45) is 0 Å². The summed E-state index contributed by atoms with van der Waals surface area (Å²) in [5.74, 6) is -5.73. The second-order valence-corrected chi connectivity index (χ2v) is 7.14. The zero-order valence-corrected chi connectivity index (χ0v) is 13.1. The summed E-state index contributed by atoms with van der Waals surface area (Å²) < 4.78 is 65.1. The Hall–Kier alpha value is -1.61. The highest BCUT2D eigenvalue weighted by molar-refractivity contribution is 7.89. The summed E-state index contributed by atoms with van der Waals surface area (Å²) in [6.45, 7) is -0.600. The van der Waals surface area contributed by atoms with Crippen LogP contribution in [0.25, 0.3) is 0 Å². The van der Waals surface area contributed by atoms with Gasteiger partial charge in [0.05, 0.1) is 6.54 Å². The Morgan fingerprint density at radius 3 is 2.39 bits per heavy atom. The van der Waals surface area contributed by atoms with E-state index in [2.05, 4.69) is 5.32 Å². The predicted octanol–water partition coefficient (Wildman–Crippen LogP) is 1.83. The number of benzene rings is 1. The largest absolute Gasteiger partial charge is 0.352 e. The number of carbonyl (C=O) groups is 1. The van der Waals surface area contributed by atoms with Crippen molar-refractivity contribution < 1.29 is 26.4 Å². The molecule has 0 unspecified atom stereocenters. The lowest BCUT2D eigenvalue weighted by Gasteiger charge is -2.22. The molecule has 2 N–H and O–H groups in total. The summed E-state index contributed by atoms with van der Waals surface area (Å²) in [6, 6.07) is 1.12. The first-order chi connectivity index (χ1) is 10.8. The van der Waals surface area contributed by atoms with Gasteiger partial charge < -0.3 is 5.32 Å². The van der Waals surface area contributed by atoms with Crippen LogP contribution < -0.4 is 10.0 Å². The summed E-state index contributed by atoms with van der Waals surface area (Å²) in [6.07, 6.45) is 4.76. The van der Waals surface area contributed by atoms with E-state index in [1.807, 2.05) is 4.72 Å². The maximum atomic E-state index is 13.5. The molecule has 128 valence electrons. The Labute approximate surface area is 132 Å². The molecule has 0 atom stereocenters. The standard InChI is InChI=1S/C14H17F3N2O3S/c15-10-6-7-11(14(17)13(10)16)23(21,22)18-8-12(20)19-9-4-2-1-3-5-9/h6-7,9,18H,1-5,8H2,(H,19,20). The van der Waals surface area contributed by atoms with E-state index >= 15 is 0 Å². The first-order valence-corrected chi connectivity index (χ1v) is 8.72. The lowest BCUT2D eigenvalue weighted by molar-refractivity contribution is -0.120. The van der Waals surface area contributed by atoms with E-state index in [0.29, 0.717) is 12.1 Å². The summed E-state index contributed by atoms with van der Waals surface area (Å²) in [5, 5.41) is 2.68. The topological polar surface area (TPSA) is 75.3 Å². The number of nitrogens with one attached hydrogen (secondary N) is 2. The van der Waals surface area contributed by atoms with Gasteiger partial charge in [-0.3, -0.25) is 4.79 Å². The van der Waals surface area contributed by atoms with Crippen molar-refractivity contribution >= 4 is 15.9 Å². The number of sulfonamides is 1. The van der Waals surface area contributed by atoms with E-state index < -0.39 is 44.8 Å². The molecule has 1 aliphatic carbocycles. The monoisotopic (exact) mass is 350 g/mol. The van der Waals surface area contributed by atoms with Gasteiger partial charge in [0.25, 0.3) is 0 Å².